The molecule has 2 aromatic rings. The van der Waals surface area contributed by atoms with Gasteiger partial charge in [0.05, 0.1) is 11.1 Å². The normalized spacial score (nSPS) is 13.9. The number of imide groups is 1. The van der Waals surface area contributed by atoms with E-state index >= 15 is 0 Å². The molecule has 1 heterocycles. The Kier molecular flexibility index (Phi) is 4.52. The molecule has 2 aromatic carbocycles. The summed E-state index contributed by atoms with van der Waals surface area (Å²) in [5.74, 6) is -0.646. The van der Waals surface area contributed by atoms with Crippen molar-refractivity contribution in [2.45, 2.75) is 13.0 Å². The molecule has 3 amide bonds. The molecule has 0 radical (unpaired) electrons. The second-order valence-corrected chi connectivity index (χ2v) is 6.49. The molecule has 0 aliphatic carbocycles. The maximum absolute atomic E-state index is 12.2. The van der Waals surface area contributed by atoms with Gasteiger partial charge in [0.25, 0.3) is 17.7 Å². The molecule has 0 spiro atoms. The summed E-state index contributed by atoms with van der Waals surface area (Å²) in [4.78, 5) is 35.4. The van der Waals surface area contributed by atoms with E-state index in [-0.39, 0.29) is 11.5 Å². The molecule has 6 nitrogen and oxygen atoms in total. The molecule has 0 saturated carbocycles. The molecule has 7 heteroatoms. The molecule has 1 unspecified atom stereocenters. The summed E-state index contributed by atoms with van der Waals surface area (Å²) >= 11 is 2.18. The summed E-state index contributed by atoms with van der Waals surface area (Å²) in [6.07, 6.45) is -0.714. The minimum atomic E-state index is -0.714. The molecule has 122 valence electrons. The molecule has 1 atom stereocenters. The molecule has 2 N–H and O–H groups in total. The van der Waals surface area contributed by atoms with Crippen molar-refractivity contribution < 1.29 is 19.1 Å². The van der Waals surface area contributed by atoms with Crippen molar-refractivity contribution in [2.24, 2.45) is 0 Å². The lowest BCUT2D eigenvalue weighted by atomic mass is 10.1. The molecular weight excluding hydrogens is 423 g/mol. The zero-order chi connectivity index (χ0) is 17.3. The van der Waals surface area contributed by atoms with E-state index in [0.29, 0.717) is 17.0 Å². The third kappa shape index (κ3) is 3.40. The van der Waals surface area contributed by atoms with Gasteiger partial charge in [0, 0.05) is 9.26 Å². The topological polar surface area (TPSA) is 84.5 Å². The number of benzene rings is 2. The summed E-state index contributed by atoms with van der Waals surface area (Å²) in [5, 5.41) is 4.89. The van der Waals surface area contributed by atoms with E-state index in [9.17, 15) is 14.4 Å². The van der Waals surface area contributed by atoms with Gasteiger partial charge in [-0.05, 0) is 72.0 Å². The Hall–Kier alpha value is -2.42. The molecular formula is C17H13IN2O4. The van der Waals surface area contributed by atoms with Gasteiger partial charge in [-0.1, -0.05) is 0 Å². The number of rotatable bonds is 4. The predicted octanol–water partition coefficient (Wildman–Crippen LogP) is 2.58. The first-order valence-electron chi connectivity index (χ1n) is 7.17. The molecule has 0 aromatic heterocycles. The number of fused-ring (bicyclic) bond motifs is 1. The number of amides is 3. The van der Waals surface area contributed by atoms with Gasteiger partial charge in [-0.2, -0.15) is 0 Å². The minimum Gasteiger partial charge on any atom is -0.481 e. The van der Waals surface area contributed by atoms with Crippen molar-refractivity contribution in [2.75, 3.05) is 5.32 Å². The van der Waals surface area contributed by atoms with Gasteiger partial charge in [-0.15, -0.1) is 0 Å². The van der Waals surface area contributed by atoms with Gasteiger partial charge in [0.15, 0.2) is 6.10 Å². The van der Waals surface area contributed by atoms with Crippen LogP contribution in [0.4, 0.5) is 5.69 Å². The van der Waals surface area contributed by atoms with Crippen molar-refractivity contribution >= 4 is 46.0 Å². The van der Waals surface area contributed by atoms with Crippen LogP contribution >= 0.6 is 22.6 Å². The molecule has 24 heavy (non-hydrogen) atoms. The summed E-state index contributed by atoms with van der Waals surface area (Å²) < 4.78 is 6.66. The number of halogens is 1. The Morgan fingerprint density at radius 2 is 1.75 bits per heavy atom. The predicted molar refractivity (Wildman–Crippen MR) is 96.1 cm³/mol. The van der Waals surface area contributed by atoms with E-state index in [1.807, 2.05) is 12.1 Å². The lowest BCUT2D eigenvalue weighted by Gasteiger charge is -2.15. The van der Waals surface area contributed by atoms with Crippen LogP contribution in [0.3, 0.4) is 0 Å². The molecule has 0 fully saturated rings. The highest BCUT2D eigenvalue weighted by atomic mass is 127. The van der Waals surface area contributed by atoms with Crippen molar-refractivity contribution in [1.29, 1.82) is 0 Å². The minimum absolute atomic E-state index is 0.254. The average Bonchev–Trinajstić information content (AvgIpc) is 2.84. The second kappa shape index (κ2) is 6.60. The first-order chi connectivity index (χ1) is 11.4. The first kappa shape index (κ1) is 16.4. The number of anilines is 1. The number of ether oxygens (including phenoxy) is 1. The first-order valence-corrected chi connectivity index (χ1v) is 8.25. The number of carbonyl (C=O) groups excluding carboxylic acids is 3. The second-order valence-electron chi connectivity index (χ2n) is 5.25. The highest BCUT2D eigenvalue weighted by Gasteiger charge is 2.27. The third-order valence-electron chi connectivity index (χ3n) is 3.50. The van der Waals surface area contributed by atoms with E-state index in [4.69, 9.17) is 4.74 Å². The Morgan fingerprint density at radius 1 is 1.08 bits per heavy atom. The van der Waals surface area contributed by atoms with Crippen molar-refractivity contribution in [3.05, 3.63) is 57.2 Å². The lowest BCUT2D eigenvalue weighted by molar-refractivity contribution is -0.122. The summed E-state index contributed by atoms with van der Waals surface area (Å²) in [5.41, 5.74) is 0.992. The average molecular weight is 436 g/mol. The lowest BCUT2D eigenvalue weighted by Crippen LogP contribution is -2.30. The maximum Gasteiger partial charge on any atom is 0.265 e. The van der Waals surface area contributed by atoms with Crippen LogP contribution in [-0.4, -0.2) is 23.8 Å². The van der Waals surface area contributed by atoms with Crippen molar-refractivity contribution in [3.63, 3.8) is 0 Å². The van der Waals surface area contributed by atoms with E-state index < -0.39 is 17.9 Å². The van der Waals surface area contributed by atoms with Gasteiger partial charge in [0.2, 0.25) is 0 Å². The Balaban J connectivity index is 1.68. The molecule has 1 aliphatic heterocycles. The maximum atomic E-state index is 12.2. The highest BCUT2D eigenvalue weighted by Crippen LogP contribution is 2.21. The molecule has 1 aliphatic rings. The van der Waals surface area contributed by atoms with E-state index in [1.54, 1.807) is 25.1 Å². The smallest absolute Gasteiger partial charge is 0.265 e. The van der Waals surface area contributed by atoms with Gasteiger partial charge < -0.3 is 10.1 Å². The number of hydrogen-bond acceptors (Lipinski definition) is 4. The van der Waals surface area contributed by atoms with Crippen LogP contribution in [0.5, 0.6) is 5.75 Å². The monoisotopic (exact) mass is 436 g/mol. The van der Waals surface area contributed by atoms with Crippen molar-refractivity contribution in [1.82, 2.24) is 5.32 Å². The van der Waals surface area contributed by atoms with Gasteiger partial charge in [-0.25, -0.2) is 0 Å². The Labute approximate surface area is 151 Å². The fourth-order valence-electron chi connectivity index (χ4n) is 2.26. The van der Waals surface area contributed by atoms with Crippen LogP contribution in [-0.2, 0) is 4.79 Å². The summed E-state index contributed by atoms with van der Waals surface area (Å²) in [7, 11) is 0. The fraction of sp³-hybridized carbons (Fsp3) is 0.118. The Morgan fingerprint density at radius 3 is 2.46 bits per heavy atom. The van der Waals surface area contributed by atoms with Gasteiger partial charge >= 0.3 is 0 Å². The zero-order valence-electron chi connectivity index (χ0n) is 12.6. The molecule has 0 bridgehead atoms. The van der Waals surface area contributed by atoms with Crippen LogP contribution in [0.2, 0.25) is 0 Å². The number of nitrogens with one attached hydrogen (secondary N) is 2. The largest absolute Gasteiger partial charge is 0.481 e. The SMILES string of the molecule is CC(Oc1ccc(I)cc1)C(=O)Nc1ccc2c(c1)C(=O)NC2=O. The number of carbonyl (C=O) groups is 3. The van der Waals surface area contributed by atoms with Crippen molar-refractivity contribution in [3.8, 4) is 5.75 Å². The standard InChI is InChI=1S/C17H13IN2O4/c1-9(24-12-5-2-10(18)3-6-12)15(21)19-11-4-7-13-14(8-11)17(23)20-16(13)22/h2-9H,1H3,(H,19,21)(H,20,22,23). The van der Waals surface area contributed by atoms with E-state index in [0.717, 1.165) is 3.57 Å². The molecule has 3 rings (SSSR count). The van der Waals surface area contributed by atoms with Crippen LogP contribution < -0.4 is 15.4 Å². The number of hydrogen-bond donors (Lipinski definition) is 2. The quantitative estimate of drug-likeness (QED) is 0.570. The fourth-order valence-corrected chi connectivity index (χ4v) is 2.62. The van der Waals surface area contributed by atoms with E-state index in [2.05, 4.69) is 33.2 Å². The summed E-state index contributed by atoms with van der Waals surface area (Å²) in [6, 6.07) is 11.9. The Bertz CT molecular complexity index is 833. The van der Waals surface area contributed by atoms with E-state index in [1.165, 1.54) is 12.1 Å². The van der Waals surface area contributed by atoms with Crippen LogP contribution in [0.25, 0.3) is 0 Å². The van der Waals surface area contributed by atoms with Crippen LogP contribution in [0.1, 0.15) is 27.6 Å². The highest BCUT2D eigenvalue weighted by molar-refractivity contribution is 14.1. The van der Waals surface area contributed by atoms with Crippen LogP contribution in [0.15, 0.2) is 42.5 Å². The van der Waals surface area contributed by atoms with Crippen LogP contribution in [0, 0.1) is 3.57 Å². The zero-order valence-corrected chi connectivity index (χ0v) is 14.8. The molecule has 0 saturated heterocycles. The van der Waals surface area contributed by atoms with Gasteiger partial charge in [-0.3, -0.25) is 19.7 Å². The van der Waals surface area contributed by atoms with Gasteiger partial charge in [0.1, 0.15) is 5.75 Å². The third-order valence-corrected chi connectivity index (χ3v) is 4.22. The summed E-state index contributed by atoms with van der Waals surface area (Å²) in [6.45, 7) is 1.64.